The van der Waals surface area contributed by atoms with Gasteiger partial charge in [0.25, 0.3) is 10.0 Å². The van der Waals surface area contributed by atoms with Crippen LogP contribution in [0.1, 0.15) is 25.8 Å². The summed E-state index contributed by atoms with van der Waals surface area (Å²) in [6.45, 7) is 3.61. The Morgan fingerprint density at radius 2 is 1.77 bits per heavy atom. The first-order chi connectivity index (χ1) is 14.0. The fourth-order valence-corrected chi connectivity index (χ4v) is 3.93. The maximum Gasteiger partial charge on any atom is 0.315 e. The highest BCUT2D eigenvalue weighted by atomic mass is 32.3. The number of sulfonamides is 1. The van der Waals surface area contributed by atoms with E-state index in [1.165, 1.54) is 7.05 Å². The zero-order valence-electron chi connectivity index (χ0n) is 16.9. The molecule has 9 nitrogen and oxygen atoms in total. The number of amides is 2. The largest absolute Gasteiger partial charge is 0.361 e. The van der Waals surface area contributed by atoms with E-state index in [0.29, 0.717) is 0 Å². The van der Waals surface area contributed by atoms with Gasteiger partial charge in [-0.3, -0.25) is 14.4 Å². The molecule has 1 aromatic carbocycles. The molecule has 0 spiro atoms. The van der Waals surface area contributed by atoms with Crippen molar-refractivity contribution in [2.75, 3.05) is 7.05 Å². The molecule has 2 atom stereocenters. The predicted molar refractivity (Wildman–Crippen MR) is 118 cm³/mol. The number of nitrogens with one attached hydrogen (secondary N) is 4. The molecule has 1 aromatic heterocycles. The van der Waals surface area contributed by atoms with E-state index in [4.69, 9.17) is 0 Å². The molecule has 0 fully saturated rings. The average molecular weight is 455 g/mol. The number of benzene rings is 1. The molecule has 0 radical (unpaired) electrons. The molecule has 2 rings (SSSR count). The Labute approximate surface area is 180 Å². The summed E-state index contributed by atoms with van der Waals surface area (Å²) in [5.41, 5.74) is 1.72. The second-order valence-electron chi connectivity index (χ2n) is 7.31. The first-order valence-electron chi connectivity index (χ1n) is 9.37. The lowest BCUT2D eigenvalue weighted by molar-refractivity contribution is -0.129. The van der Waals surface area contributed by atoms with Gasteiger partial charge in [-0.2, -0.15) is 4.72 Å². The van der Waals surface area contributed by atoms with E-state index in [1.54, 1.807) is 20.0 Å². The fraction of sp³-hybridized carbons (Fsp3) is 0.421. The van der Waals surface area contributed by atoms with Gasteiger partial charge in [0, 0.05) is 30.6 Å². The van der Waals surface area contributed by atoms with Crippen LogP contribution in [-0.2, 0) is 26.0 Å². The van der Waals surface area contributed by atoms with Crippen LogP contribution in [0, 0.1) is 5.92 Å². The van der Waals surface area contributed by atoms with E-state index in [-0.39, 0.29) is 18.8 Å². The first kappa shape index (κ1) is 23.9. The van der Waals surface area contributed by atoms with Crippen LogP contribution < -0.4 is 15.4 Å². The Bertz CT molecular complexity index is 1030. The molecule has 0 bridgehead atoms. The summed E-state index contributed by atoms with van der Waals surface area (Å²) < 4.78 is 24.5. The maximum atomic E-state index is 12.8. The number of fused-ring (bicyclic) bond motifs is 1. The third-order valence-electron chi connectivity index (χ3n) is 4.53. The van der Waals surface area contributed by atoms with Crippen LogP contribution in [0.15, 0.2) is 30.5 Å². The predicted octanol–water partition coefficient (Wildman–Crippen LogP) is 1.33. The van der Waals surface area contributed by atoms with Gasteiger partial charge in [-0.15, -0.1) is 0 Å². The molecule has 0 aliphatic rings. The summed E-state index contributed by atoms with van der Waals surface area (Å²) in [5.74, 6) is -1.18. The smallest absolute Gasteiger partial charge is 0.315 e. The monoisotopic (exact) mass is 454 g/mol. The normalized spacial score (nSPS) is 13.8. The topological polar surface area (TPSA) is 137 Å². The third kappa shape index (κ3) is 6.07. The van der Waals surface area contributed by atoms with Gasteiger partial charge in [0.15, 0.2) is 0 Å². The summed E-state index contributed by atoms with van der Waals surface area (Å²) >= 11 is 3.33. The van der Waals surface area contributed by atoms with E-state index in [9.17, 15) is 22.8 Å². The van der Waals surface area contributed by atoms with Crippen LogP contribution in [-0.4, -0.2) is 48.8 Å². The van der Waals surface area contributed by atoms with Crippen molar-refractivity contribution < 1.29 is 22.8 Å². The Hall–Kier alpha value is -2.37. The number of hydrogen-bond acceptors (Lipinski definition) is 5. The zero-order chi connectivity index (χ0) is 22.5. The van der Waals surface area contributed by atoms with Crippen LogP contribution in [0.4, 0.5) is 4.79 Å². The number of H-pyrrole nitrogens is 1. The number of hydrogen-bond donors (Lipinski definition) is 5. The molecular weight excluding hydrogens is 428 g/mol. The van der Waals surface area contributed by atoms with Gasteiger partial charge in [0.2, 0.25) is 11.8 Å². The van der Waals surface area contributed by atoms with Crippen molar-refractivity contribution in [2.24, 2.45) is 5.92 Å². The highest BCUT2D eigenvalue weighted by Crippen LogP contribution is 2.19. The zero-order valence-corrected chi connectivity index (χ0v) is 18.6. The number of aromatic amines is 1. The lowest BCUT2D eigenvalue weighted by atomic mass is 10.0. The summed E-state index contributed by atoms with van der Waals surface area (Å²) in [6.07, 6.45) is 2.10. The molecule has 4 N–H and O–H groups in total. The van der Waals surface area contributed by atoms with Gasteiger partial charge in [-0.05, 0) is 24.0 Å². The second kappa shape index (κ2) is 10.1. The van der Waals surface area contributed by atoms with Crippen molar-refractivity contribution in [3.05, 3.63) is 36.0 Å². The van der Waals surface area contributed by atoms with Crippen molar-refractivity contribution in [3.8, 4) is 0 Å². The van der Waals surface area contributed by atoms with Crippen LogP contribution in [0.5, 0.6) is 0 Å². The Morgan fingerprint density at radius 3 is 2.37 bits per heavy atom. The molecule has 164 valence electrons. The summed E-state index contributed by atoms with van der Waals surface area (Å²) in [4.78, 5) is 39.6. The highest BCUT2D eigenvalue weighted by Gasteiger charge is 2.31. The van der Waals surface area contributed by atoms with Crippen molar-refractivity contribution >= 4 is 49.8 Å². The third-order valence-corrected chi connectivity index (χ3v) is 6.30. The molecule has 0 saturated carbocycles. The standard InChI is InChI=1S/C19H26N4O5S2/c1-11(2)8-16(23-30(27,28)19(26)29)18(25)22-15(17(24)20-3)9-12-10-21-14-7-5-4-6-13(12)14/h4-7,10-11,15-16,21,23H,8-9H2,1-3H3,(H,20,24)(H,22,25)(H,26,29). The highest BCUT2D eigenvalue weighted by molar-refractivity contribution is 8.26. The molecule has 0 aliphatic heterocycles. The van der Waals surface area contributed by atoms with E-state index in [2.05, 4.69) is 33.0 Å². The Morgan fingerprint density at radius 1 is 1.10 bits per heavy atom. The minimum Gasteiger partial charge on any atom is -0.361 e. The number of likely N-dealkylation sites (N-methyl/N-ethyl adjacent to an activating group) is 1. The van der Waals surface area contributed by atoms with Gasteiger partial charge in [-0.1, -0.05) is 44.7 Å². The molecule has 30 heavy (non-hydrogen) atoms. The Kier molecular flexibility index (Phi) is 8.04. The first-order valence-corrected chi connectivity index (χ1v) is 11.3. The lowest BCUT2D eigenvalue weighted by Crippen LogP contribution is -2.54. The Balaban J connectivity index is 2.25. The molecule has 11 heteroatoms. The number of thiol groups is 1. The van der Waals surface area contributed by atoms with Crippen LogP contribution in [0.25, 0.3) is 10.9 Å². The van der Waals surface area contributed by atoms with E-state index < -0.39 is 38.4 Å². The molecule has 2 aromatic rings. The minimum atomic E-state index is -4.42. The minimum absolute atomic E-state index is 0.0504. The lowest BCUT2D eigenvalue weighted by Gasteiger charge is -2.23. The van der Waals surface area contributed by atoms with Gasteiger partial charge in [-0.25, -0.2) is 8.42 Å². The van der Waals surface area contributed by atoms with Crippen LogP contribution in [0.3, 0.4) is 0 Å². The van der Waals surface area contributed by atoms with Gasteiger partial charge >= 0.3 is 4.45 Å². The van der Waals surface area contributed by atoms with Crippen molar-refractivity contribution in [1.29, 1.82) is 0 Å². The van der Waals surface area contributed by atoms with Crippen LogP contribution in [0.2, 0.25) is 0 Å². The average Bonchev–Trinajstić information content (AvgIpc) is 3.08. The maximum absolute atomic E-state index is 12.8. The summed E-state index contributed by atoms with van der Waals surface area (Å²) in [5, 5.41) is 6.04. The summed E-state index contributed by atoms with van der Waals surface area (Å²) in [6, 6.07) is 5.39. The molecule has 2 unspecified atom stereocenters. The fourth-order valence-electron chi connectivity index (χ4n) is 3.09. The van der Waals surface area contributed by atoms with E-state index >= 15 is 0 Å². The van der Waals surface area contributed by atoms with E-state index in [0.717, 1.165) is 16.5 Å². The molecule has 1 heterocycles. The molecule has 0 saturated heterocycles. The SMILES string of the molecule is CNC(=O)C(Cc1c[nH]c2ccccc12)NC(=O)C(CC(C)C)NS(=O)(=O)C(=O)S. The molecule has 0 aliphatic carbocycles. The number of carbonyl (C=O) groups excluding carboxylic acids is 3. The molecule has 2 amide bonds. The number of aromatic nitrogens is 1. The van der Waals surface area contributed by atoms with Crippen molar-refractivity contribution in [3.63, 3.8) is 0 Å². The van der Waals surface area contributed by atoms with Crippen LogP contribution >= 0.6 is 12.6 Å². The quantitative estimate of drug-likeness (QED) is 0.364. The number of para-hydroxylation sites is 1. The number of rotatable bonds is 9. The van der Waals surface area contributed by atoms with Gasteiger partial charge in [0.1, 0.15) is 12.1 Å². The van der Waals surface area contributed by atoms with Gasteiger partial charge in [0.05, 0.1) is 0 Å². The van der Waals surface area contributed by atoms with Crippen molar-refractivity contribution in [1.82, 2.24) is 20.3 Å². The van der Waals surface area contributed by atoms with Crippen molar-refractivity contribution in [2.45, 2.75) is 38.8 Å². The summed E-state index contributed by atoms with van der Waals surface area (Å²) in [7, 11) is -2.97. The molecular formula is C19H26N4O5S2. The number of carbonyl (C=O) groups is 3. The van der Waals surface area contributed by atoms with Gasteiger partial charge < -0.3 is 15.6 Å². The van der Waals surface area contributed by atoms with E-state index in [1.807, 2.05) is 24.3 Å². The second-order valence-corrected chi connectivity index (χ2v) is 9.63.